The summed E-state index contributed by atoms with van der Waals surface area (Å²) in [5.74, 6) is -0.814. The lowest BCUT2D eigenvalue weighted by molar-refractivity contribution is -0.144. The summed E-state index contributed by atoms with van der Waals surface area (Å²) in [6.45, 7) is 6.80. The Labute approximate surface area is 113 Å². The fourth-order valence-corrected chi connectivity index (χ4v) is 1.49. The van der Waals surface area contributed by atoms with Crippen LogP contribution in [-0.2, 0) is 14.3 Å². The molecule has 7 heteroatoms. The van der Waals surface area contributed by atoms with Gasteiger partial charge in [-0.15, -0.1) is 0 Å². The van der Waals surface area contributed by atoms with E-state index in [0.717, 1.165) is 6.42 Å². The molecule has 0 unspecified atom stereocenters. The number of amides is 3. The molecule has 0 aliphatic heterocycles. The molecule has 0 saturated heterocycles. The number of esters is 1. The second-order valence-corrected chi connectivity index (χ2v) is 3.92. The van der Waals surface area contributed by atoms with Gasteiger partial charge in [-0.1, -0.05) is 6.92 Å². The van der Waals surface area contributed by atoms with Gasteiger partial charge in [0.2, 0.25) is 5.91 Å². The van der Waals surface area contributed by atoms with Crippen LogP contribution in [0.1, 0.15) is 27.2 Å². The minimum Gasteiger partial charge on any atom is -0.465 e. The van der Waals surface area contributed by atoms with E-state index in [-0.39, 0.29) is 19.1 Å². The lowest BCUT2D eigenvalue weighted by atomic mass is 10.4. The predicted octanol–water partition coefficient (Wildman–Crippen LogP) is 0.107. The molecule has 19 heavy (non-hydrogen) atoms. The highest BCUT2D eigenvalue weighted by Gasteiger charge is 2.15. The van der Waals surface area contributed by atoms with Crippen LogP contribution < -0.4 is 10.6 Å². The number of urea groups is 1. The second-order valence-electron chi connectivity index (χ2n) is 3.92. The molecule has 0 spiro atoms. The Morgan fingerprint density at radius 1 is 1.11 bits per heavy atom. The molecule has 0 atom stereocenters. The number of hydrogen-bond donors (Lipinski definition) is 2. The van der Waals surface area contributed by atoms with Gasteiger partial charge in [0.1, 0.15) is 0 Å². The summed E-state index contributed by atoms with van der Waals surface area (Å²) >= 11 is 0. The molecule has 0 fully saturated rings. The number of nitrogens with one attached hydrogen (secondary N) is 2. The zero-order chi connectivity index (χ0) is 14.7. The van der Waals surface area contributed by atoms with Crippen molar-refractivity contribution in [3.63, 3.8) is 0 Å². The monoisotopic (exact) mass is 273 g/mol. The number of carbonyl (C=O) groups excluding carboxylic acids is 3. The maximum atomic E-state index is 11.6. The van der Waals surface area contributed by atoms with Gasteiger partial charge in [-0.2, -0.15) is 0 Å². The highest BCUT2D eigenvalue weighted by atomic mass is 16.5. The Kier molecular flexibility index (Phi) is 9.42. The topological polar surface area (TPSA) is 87.7 Å². The van der Waals surface area contributed by atoms with E-state index < -0.39 is 11.9 Å². The molecule has 2 N–H and O–H groups in total. The molecule has 0 aromatic heterocycles. The van der Waals surface area contributed by atoms with Crippen LogP contribution in [-0.4, -0.2) is 55.6 Å². The zero-order valence-electron chi connectivity index (χ0n) is 11.8. The Morgan fingerprint density at radius 2 is 1.79 bits per heavy atom. The molecule has 0 aliphatic rings. The molecule has 3 amide bonds. The number of hydrogen-bond acceptors (Lipinski definition) is 5. The summed E-state index contributed by atoms with van der Waals surface area (Å²) in [6, 6.07) is -0.528. The summed E-state index contributed by atoms with van der Waals surface area (Å²) in [5, 5.41) is 4.65. The fourth-order valence-electron chi connectivity index (χ4n) is 1.49. The summed E-state index contributed by atoms with van der Waals surface area (Å²) in [7, 11) is 0. The molecule has 0 aromatic rings. The largest absolute Gasteiger partial charge is 0.465 e. The highest BCUT2D eigenvalue weighted by molar-refractivity contribution is 5.95. The summed E-state index contributed by atoms with van der Waals surface area (Å²) in [4.78, 5) is 35.8. The van der Waals surface area contributed by atoms with Crippen molar-refractivity contribution in [2.24, 2.45) is 0 Å². The van der Waals surface area contributed by atoms with Crippen molar-refractivity contribution in [3.8, 4) is 0 Å². The molecule has 7 nitrogen and oxygen atoms in total. The normalized spacial score (nSPS) is 10.1. The lowest BCUT2D eigenvalue weighted by Crippen LogP contribution is -2.45. The maximum absolute atomic E-state index is 11.6. The van der Waals surface area contributed by atoms with Crippen molar-refractivity contribution in [2.75, 3.05) is 32.8 Å². The quantitative estimate of drug-likeness (QED) is 0.613. The van der Waals surface area contributed by atoms with Gasteiger partial charge in [-0.3, -0.25) is 19.8 Å². The molecular formula is C12H23N3O4. The van der Waals surface area contributed by atoms with E-state index in [1.54, 1.807) is 18.7 Å². The molecule has 0 aromatic carbocycles. The highest BCUT2D eigenvalue weighted by Crippen LogP contribution is 1.93. The number of rotatable bonds is 8. The predicted molar refractivity (Wildman–Crippen MR) is 70.6 cm³/mol. The SMILES string of the molecule is CCCN(CC(=O)NC(=O)NCC)CC(=O)OCC. The van der Waals surface area contributed by atoms with Crippen molar-refractivity contribution in [1.82, 2.24) is 15.5 Å². The summed E-state index contributed by atoms with van der Waals surface area (Å²) in [5.41, 5.74) is 0. The minimum absolute atomic E-state index is 0.0101. The van der Waals surface area contributed by atoms with Crippen molar-refractivity contribution in [1.29, 1.82) is 0 Å². The minimum atomic E-state index is -0.528. The first-order valence-corrected chi connectivity index (χ1v) is 6.49. The van der Waals surface area contributed by atoms with Gasteiger partial charge in [-0.25, -0.2) is 4.79 Å². The number of carbonyl (C=O) groups is 3. The zero-order valence-corrected chi connectivity index (χ0v) is 11.8. The van der Waals surface area contributed by atoms with E-state index in [1.165, 1.54) is 0 Å². The van der Waals surface area contributed by atoms with E-state index in [2.05, 4.69) is 10.6 Å². The van der Waals surface area contributed by atoms with Gasteiger partial charge in [0, 0.05) is 6.54 Å². The number of ether oxygens (including phenoxy) is 1. The van der Waals surface area contributed by atoms with Gasteiger partial charge in [0.05, 0.1) is 19.7 Å². The molecule has 0 heterocycles. The summed E-state index contributed by atoms with van der Waals surface area (Å²) in [6.07, 6.45) is 0.799. The molecule has 0 radical (unpaired) electrons. The van der Waals surface area contributed by atoms with E-state index in [0.29, 0.717) is 19.7 Å². The third-order valence-electron chi connectivity index (χ3n) is 2.16. The van der Waals surface area contributed by atoms with Crippen LogP contribution in [0.2, 0.25) is 0 Å². The maximum Gasteiger partial charge on any atom is 0.321 e. The molecular weight excluding hydrogens is 250 g/mol. The van der Waals surface area contributed by atoms with Gasteiger partial charge in [-0.05, 0) is 26.8 Å². The van der Waals surface area contributed by atoms with E-state index in [4.69, 9.17) is 4.74 Å². The second kappa shape index (κ2) is 10.3. The molecule has 0 rings (SSSR count). The smallest absolute Gasteiger partial charge is 0.321 e. The average molecular weight is 273 g/mol. The van der Waals surface area contributed by atoms with Crippen LogP contribution in [0.25, 0.3) is 0 Å². The van der Waals surface area contributed by atoms with Crippen molar-refractivity contribution < 1.29 is 19.1 Å². The Bertz CT molecular complexity index is 307. The molecule has 0 saturated carbocycles. The van der Waals surface area contributed by atoms with E-state index in [1.807, 2.05) is 6.92 Å². The Morgan fingerprint density at radius 3 is 2.32 bits per heavy atom. The number of nitrogens with zero attached hydrogens (tertiary/aromatic N) is 1. The van der Waals surface area contributed by atoms with Crippen LogP contribution in [0.4, 0.5) is 4.79 Å². The van der Waals surface area contributed by atoms with Gasteiger partial charge in [0.25, 0.3) is 0 Å². The number of imide groups is 1. The molecule has 110 valence electrons. The Balaban J connectivity index is 4.21. The first kappa shape index (κ1) is 17.4. The fraction of sp³-hybridized carbons (Fsp3) is 0.750. The third-order valence-corrected chi connectivity index (χ3v) is 2.16. The van der Waals surface area contributed by atoms with Crippen molar-refractivity contribution in [3.05, 3.63) is 0 Å². The molecule has 0 bridgehead atoms. The summed E-state index contributed by atoms with van der Waals surface area (Å²) < 4.78 is 4.83. The molecule has 0 aliphatic carbocycles. The van der Waals surface area contributed by atoms with Gasteiger partial charge < -0.3 is 10.1 Å². The van der Waals surface area contributed by atoms with Crippen molar-refractivity contribution in [2.45, 2.75) is 27.2 Å². The first-order chi connectivity index (χ1) is 9.03. The van der Waals surface area contributed by atoms with Gasteiger partial charge >= 0.3 is 12.0 Å². The van der Waals surface area contributed by atoms with E-state index in [9.17, 15) is 14.4 Å². The van der Waals surface area contributed by atoms with E-state index >= 15 is 0 Å². The Hall–Kier alpha value is -1.63. The lowest BCUT2D eigenvalue weighted by Gasteiger charge is -2.19. The standard InChI is InChI=1S/C12H23N3O4/c1-4-7-15(9-11(17)19-6-3)8-10(16)14-12(18)13-5-2/h4-9H2,1-3H3,(H2,13,14,16,18). The van der Waals surface area contributed by atoms with Crippen molar-refractivity contribution >= 4 is 17.9 Å². The van der Waals surface area contributed by atoms with Crippen LogP contribution in [0, 0.1) is 0 Å². The van der Waals surface area contributed by atoms with Crippen LogP contribution in [0.3, 0.4) is 0 Å². The first-order valence-electron chi connectivity index (χ1n) is 6.49. The van der Waals surface area contributed by atoms with Crippen LogP contribution in [0.5, 0.6) is 0 Å². The van der Waals surface area contributed by atoms with Crippen LogP contribution in [0.15, 0.2) is 0 Å². The van der Waals surface area contributed by atoms with Crippen LogP contribution >= 0.6 is 0 Å². The van der Waals surface area contributed by atoms with Gasteiger partial charge in [0.15, 0.2) is 0 Å². The third kappa shape index (κ3) is 9.01. The average Bonchev–Trinajstić information content (AvgIpc) is 2.29.